The summed E-state index contributed by atoms with van der Waals surface area (Å²) in [6, 6.07) is 5.68. The molecule has 2 aromatic rings. The molecule has 1 aromatic heterocycles. The van der Waals surface area contributed by atoms with Gasteiger partial charge in [-0.25, -0.2) is 5.10 Å². The van der Waals surface area contributed by atoms with Gasteiger partial charge in [-0.05, 0) is 24.1 Å². The number of methoxy groups -OCH3 is 2. The number of hydrogen-bond donors (Lipinski definition) is 2. The number of carbonyl (C=O) groups excluding carboxylic acids is 2. The van der Waals surface area contributed by atoms with Gasteiger partial charge >= 0.3 is 0 Å². The first-order valence-corrected chi connectivity index (χ1v) is 8.25. The SMILES string of the molecule is COc1ccc(CCN2C[C@@H](C(=O)Nc3ncn[nH]3)CC2=O)cc1OC. The number of benzene rings is 1. The fraction of sp³-hybridized carbons (Fsp3) is 0.412. The highest BCUT2D eigenvalue weighted by Crippen LogP contribution is 2.28. The zero-order chi connectivity index (χ0) is 18.5. The Hall–Kier alpha value is -3.10. The molecule has 1 aromatic carbocycles. The van der Waals surface area contributed by atoms with Gasteiger partial charge in [0, 0.05) is 19.5 Å². The third-order valence-corrected chi connectivity index (χ3v) is 4.36. The largest absolute Gasteiger partial charge is 0.493 e. The van der Waals surface area contributed by atoms with Crippen LogP contribution in [0.15, 0.2) is 24.5 Å². The predicted molar refractivity (Wildman–Crippen MR) is 92.9 cm³/mol. The van der Waals surface area contributed by atoms with E-state index in [-0.39, 0.29) is 24.2 Å². The second-order valence-electron chi connectivity index (χ2n) is 6.00. The van der Waals surface area contributed by atoms with E-state index >= 15 is 0 Å². The maximum atomic E-state index is 12.2. The molecule has 1 fully saturated rings. The van der Waals surface area contributed by atoms with Crippen molar-refractivity contribution in [2.45, 2.75) is 12.8 Å². The number of nitrogens with zero attached hydrogens (tertiary/aromatic N) is 3. The van der Waals surface area contributed by atoms with Crippen molar-refractivity contribution in [3.8, 4) is 11.5 Å². The van der Waals surface area contributed by atoms with Crippen LogP contribution in [0.1, 0.15) is 12.0 Å². The van der Waals surface area contributed by atoms with Crippen molar-refractivity contribution in [2.24, 2.45) is 5.92 Å². The summed E-state index contributed by atoms with van der Waals surface area (Å²) in [5, 5.41) is 8.87. The van der Waals surface area contributed by atoms with Crippen LogP contribution in [-0.4, -0.2) is 59.2 Å². The molecule has 2 amide bonds. The van der Waals surface area contributed by atoms with Crippen LogP contribution in [0.3, 0.4) is 0 Å². The fourth-order valence-corrected chi connectivity index (χ4v) is 2.95. The highest BCUT2D eigenvalue weighted by atomic mass is 16.5. The van der Waals surface area contributed by atoms with Crippen molar-refractivity contribution in [2.75, 3.05) is 32.6 Å². The Bertz CT molecular complexity index is 777. The molecule has 0 unspecified atom stereocenters. The standard InChI is InChI=1S/C17H21N5O4/c1-25-13-4-3-11(7-14(13)26-2)5-6-22-9-12(8-15(22)23)16(24)20-17-18-10-19-21-17/h3-4,7,10,12H,5-6,8-9H2,1-2H3,(H2,18,19,20,21,24)/t12-/m0/s1. The summed E-state index contributed by atoms with van der Waals surface area (Å²) in [6.07, 6.45) is 2.18. The molecule has 0 spiro atoms. The van der Waals surface area contributed by atoms with Crippen LogP contribution in [0.5, 0.6) is 11.5 Å². The molecule has 3 rings (SSSR count). The maximum Gasteiger partial charge on any atom is 0.232 e. The van der Waals surface area contributed by atoms with E-state index in [1.807, 2.05) is 18.2 Å². The third kappa shape index (κ3) is 3.93. The van der Waals surface area contributed by atoms with Gasteiger partial charge in [0.15, 0.2) is 11.5 Å². The van der Waals surface area contributed by atoms with Gasteiger partial charge in [0.1, 0.15) is 6.33 Å². The third-order valence-electron chi connectivity index (χ3n) is 4.36. The summed E-state index contributed by atoms with van der Waals surface area (Å²) >= 11 is 0. The van der Waals surface area contributed by atoms with Crippen molar-refractivity contribution < 1.29 is 19.1 Å². The minimum Gasteiger partial charge on any atom is -0.493 e. The molecule has 1 atom stereocenters. The summed E-state index contributed by atoms with van der Waals surface area (Å²) in [4.78, 5) is 30.0. The number of nitrogens with one attached hydrogen (secondary N) is 2. The molecule has 1 aliphatic rings. The maximum absolute atomic E-state index is 12.2. The molecular weight excluding hydrogens is 338 g/mol. The lowest BCUT2D eigenvalue weighted by Gasteiger charge is -2.17. The highest BCUT2D eigenvalue weighted by Gasteiger charge is 2.34. The predicted octanol–water partition coefficient (Wildman–Crippen LogP) is 0.852. The molecule has 0 saturated carbocycles. The molecule has 26 heavy (non-hydrogen) atoms. The topological polar surface area (TPSA) is 109 Å². The van der Waals surface area contributed by atoms with Gasteiger partial charge in [-0.1, -0.05) is 6.07 Å². The van der Waals surface area contributed by atoms with E-state index in [0.29, 0.717) is 31.0 Å². The Morgan fingerprint density at radius 1 is 1.35 bits per heavy atom. The lowest BCUT2D eigenvalue weighted by Crippen LogP contribution is -2.30. The zero-order valence-electron chi connectivity index (χ0n) is 14.7. The van der Waals surface area contributed by atoms with E-state index in [9.17, 15) is 9.59 Å². The Balaban J connectivity index is 1.55. The van der Waals surface area contributed by atoms with Gasteiger partial charge in [0.05, 0.1) is 20.1 Å². The lowest BCUT2D eigenvalue weighted by atomic mass is 10.1. The normalized spacial score (nSPS) is 16.6. The van der Waals surface area contributed by atoms with E-state index in [0.717, 1.165) is 5.56 Å². The number of anilines is 1. The zero-order valence-corrected chi connectivity index (χ0v) is 14.7. The lowest BCUT2D eigenvalue weighted by molar-refractivity contribution is -0.128. The molecule has 9 nitrogen and oxygen atoms in total. The summed E-state index contributed by atoms with van der Waals surface area (Å²) in [5.41, 5.74) is 1.03. The van der Waals surface area contributed by atoms with Crippen LogP contribution < -0.4 is 14.8 Å². The molecule has 138 valence electrons. The molecule has 9 heteroatoms. The van der Waals surface area contributed by atoms with Crippen molar-refractivity contribution in [1.82, 2.24) is 20.1 Å². The number of aromatic nitrogens is 3. The smallest absolute Gasteiger partial charge is 0.232 e. The van der Waals surface area contributed by atoms with Crippen molar-refractivity contribution in [1.29, 1.82) is 0 Å². The first kappa shape index (κ1) is 17.7. The highest BCUT2D eigenvalue weighted by molar-refractivity contribution is 5.96. The molecule has 2 heterocycles. The average molecular weight is 359 g/mol. The van der Waals surface area contributed by atoms with Crippen LogP contribution in [0.4, 0.5) is 5.95 Å². The fourth-order valence-electron chi connectivity index (χ4n) is 2.95. The van der Waals surface area contributed by atoms with Gasteiger partial charge in [-0.2, -0.15) is 10.1 Å². The molecule has 0 bridgehead atoms. The molecule has 1 saturated heterocycles. The molecule has 2 N–H and O–H groups in total. The number of ether oxygens (including phenoxy) is 2. The van der Waals surface area contributed by atoms with E-state index < -0.39 is 5.92 Å². The van der Waals surface area contributed by atoms with E-state index in [2.05, 4.69) is 20.5 Å². The molecule has 0 aliphatic carbocycles. The average Bonchev–Trinajstić information content (AvgIpc) is 3.29. The van der Waals surface area contributed by atoms with Crippen LogP contribution in [0.2, 0.25) is 0 Å². The van der Waals surface area contributed by atoms with Crippen molar-refractivity contribution in [3.63, 3.8) is 0 Å². The second-order valence-corrected chi connectivity index (χ2v) is 6.00. The van der Waals surface area contributed by atoms with E-state index in [1.54, 1.807) is 19.1 Å². The Kier molecular flexibility index (Phi) is 5.35. The summed E-state index contributed by atoms with van der Waals surface area (Å²) in [7, 11) is 3.17. The molecule has 0 radical (unpaired) electrons. The minimum absolute atomic E-state index is 0.0248. The van der Waals surface area contributed by atoms with Gasteiger partial charge < -0.3 is 14.4 Å². The summed E-state index contributed by atoms with van der Waals surface area (Å²) < 4.78 is 10.5. The van der Waals surface area contributed by atoms with Crippen LogP contribution in [-0.2, 0) is 16.0 Å². The van der Waals surface area contributed by atoms with E-state index in [1.165, 1.54) is 6.33 Å². The molecular formula is C17H21N5O4. The Labute approximate surface area is 150 Å². The van der Waals surface area contributed by atoms with Gasteiger partial charge in [-0.15, -0.1) is 0 Å². The number of rotatable bonds is 7. The summed E-state index contributed by atoms with van der Waals surface area (Å²) in [5.74, 6) is 0.954. The molecule has 1 aliphatic heterocycles. The van der Waals surface area contributed by atoms with Gasteiger partial charge in [0.2, 0.25) is 17.8 Å². The van der Waals surface area contributed by atoms with Crippen LogP contribution in [0.25, 0.3) is 0 Å². The van der Waals surface area contributed by atoms with Crippen LogP contribution in [0, 0.1) is 5.92 Å². The van der Waals surface area contributed by atoms with Crippen molar-refractivity contribution >= 4 is 17.8 Å². The Morgan fingerprint density at radius 3 is 2.85 bits per heavy atom. The van der Waals surface area contributed by atoms with Crippen LogP contribution >= 0.6 is 0 Å². The number of aromatic amines is 1. The first-order valence-electron chi connectivity index (χ1n) is 8.25. The quantitative estimate of drug-likeness (QED) is 0.759. The Morgan fingerprint density at radius 2 is 2.15 bits per heavy atom. The number of H-pyrrole nitrogens is 1. The monoisotopic (exact) mass is 359 g/mol. The summed E-state index contributed by atoms with van der Waals surface area (Å²) in [6.45, 7) is 0.937. The number of likely N-dealkylation sites (tertiary alicyclic amines) is 1. The number of amides is 2. The van der Waals surface area contributed by atoms with Crippen molar-refractivity contribution in [3.05, 3.63) is 30.1 Å². The van der Waals surface area contributed by atoms with Gasteiger partial charge in [0.25, 0.3) is 0 Å². The van der Waals surface area contributed by atoms with Gasteiger partial charge in [-0.3, -0.25) is 14.9 Å². The minimum atomic E-state index is -0.391. The number of hydrogen-bond acceptors (Lipinski definition) is 6. The number of carbonyl (C=O) groups is 2. The first-order chi connectivity index (χ1) is 12.6. The van der Waals surface area contributed by atoms with E-state index in [4.69, 9.17) is 9.47 Å². The second kappa shape index (κ2) is 7.85.